The van der Waals surface area contributed by atoms with E-state index in [0.29, 0.717) is 17.9 Å². The van der Waals surface area contributed by atoms with Gasteiger partial charge in [0.1, 0.15) is 11.5 Å². The summed E-state index contributed by atoms with van der Waals surface area (Å²) < 4.78 is 13.6. The molecule has 2 aromatic carbocycles. The van der Waals surface area contributed by atoms with Crippen molar-refractivity contribution in [3.8, 4) is 11.5 Å². The van der Waals surface area contributed by atoms with Crippen LogP contribution in [0.4, 0.5) is 5.69 Å². The predicted molar refractivity (Wildman–Crippen MR) is 103 cm³/mol. The van der Waals surface area contributed by atoms with Crippen LogP contribution >= 0.6 is 15.9 Å². The van der Waals surface area contributed by atoms with Gasteiger partial charge in [-0.05, 0) is 55.5 Å². The number of ether oxygens (including phenoxy) is 2. The van der Waals surface area contributed by atoms with Crippen LogP contribution in [-0.4, -0.2) is 22.3 Å². The van der Waals surface area contributed by atoms with Gasteiger partial charge in [0.15, 0.2) is 6.73 Å². The lowest BCUT2D eigenvalue weighted by Crippen LogP contribution is -2.11. The number of benzene rings is 2. The van der Waals surface area contributed by atoms with Crippen LogP contribution in [0.5, 0.6) is 11.5 Å². The van der Waals surface area contributed by atoms with Crippen molar-refractivity contribution in [1.82, 2.24) is 9.78 Å². The predicted octanol–water partition coefficient (Wildman–Crippen LogP) is 4.33. The highest BCUT2D eigenvalue weighted by molar-refractivity contribution is 9.10. The molecule has 0 fully saturated rings. The fourth-order valence-electron chi connectivity index (χ4n) is 2.24. The molecular formula is C19H18BrN3O3. The SMILES string of the molecule is CCOc1ccc(C(=O)Nc2cnn(COc3ccc(Br)cc3)c2)cc1. The molecule has 0 saturated carbocycles. The topological polar surface area (TPSA) is 65.4 Å². The Hall–Kier alpha value is -2.80. The summed E-state index contributed by atoms with van der Waals surface area (Å²) in [6.07, 6.45) is 3.29. The first-order valence-corrected chi connectivity index (χ1v) is 8.88. The van der Waals surface area contributed by atoms with Crippen molar-refractivity contribution in [1.29, 1.82) is 0 Å². The molecule has 26 heavy (non-hydrogen) atoms. The number of aromatic nitrogens is 2. The van der Waals surface area contributed by atoms with Crippen molar-refractivity contribution in [2.24, 2.45) is 0 Å². The molecule has 0 aliphatic carbocycles. The Morgan fingerprint density at radius 1 is 1.08 bits per heavy atom. The third-order valence-electron chi connectivity index (χ3n) is 3.50. The summed E-state index contributed by atoms with van der Waals surface area (Å²) in [5.41, 5.74) is 1.15. The molecule has 1 heterocycles. The van der Waals surface area contributed by atoms with Crippen LogP contribution in [0.3, 0.4) is 0 Å². The van der Waals surface area contributed by atoms with Crippen LogP contribution < -0.4 is 14.8 Å². The van der Waals surface area contributed by atoms with Gasteiger partial charge in [-0.15, -0.1) is 0 Å². The zero-order valence-electron chi connectivity index (χ0n) is 14.2. The standard InChI is InChI=1S/C19H18BrN3O3/c1-2-25-17-7-3-14(4-8-17)19(24)22-16-11-21-23(12-16)13-26-18-9-5-15(20)6-10-18/h3-12H,2,13H2,1H3,(H,22,24). The van der Waals surface area contributed by atoms with E-state index in [2.05, 4.69) is 26.3 Å². The van der Waals surface area contributed by atoms with Gasteiger partial charge < -0.3 is 14.8 Å². The molecule has 1 amide bonds. The Morgan fingerprint density at radius 3 is 2.42 bits per heavy atom. The van der Waals surface area contributed by atoms with Crippen LogP contribution in [0.15, 0.2) is 65.4 Å². The minimum absolute atomic E-state index is 0.207. The Morgan fingerprint density at radius 2 is 1.73 bits per heavy atom. The van der Waals surface area contributed by atoms with E-state index in [4.69, 9.17) is 9.47 Å². The maximum absolute atomic E-state index is 12.3. The number of carbonyl (C=O) groups is 1. The summed E-state index contributed by atoms with van der Waals surface area (Å²) >= 11 is 3.38. The number of hydrogen-bond donors (Lipinski definition) is 1. The summed E-state index contributed by atoms with van der Waals surface area (Å²) in [5.74, 6) is 1.27. The molecule has 1 N–H and O–H groups in total. The molecule has 1 aromatic heterocycles. The van der Waals surface area contributed by atoms with Crippen molar-refractivity contribution in [3.05, 3.63) is 71.0 Å². The molecule has 0 unspecified atom stereocenters. The van der Waals surface area contributed by atoms with Crippen LogP contribution in [-0.2, 0) is 6.73 Å². The minimum atomic E-state index is -0.207. The Labute approximate surface area is 159 Å². The summed E-state index contributed by atoms with van der Waals surface area (Å²) in [5, 5.41) is 6.99. The van der Waals surface area contributed by atoms with Crippen molar-refractivity contribution in [3.63, 3.8) is 0 Å². The lowest BCUT2D eigenvalue weighted by Gasteiger charge is -2.06. The van der Waals surface area contributed by atoms with Gasteiger partial charge in [-0.3, -0.25) is 4.79 Å². The minimum Gasteiger partial charge on any atom is -0.494 e. The number of nitrogens with zero attached hydrogens (tertiary/aromatic N) is 2. The van der Waals surface area contributed by atoms with E-state index in [1.54, 1.807) is 41.3 Å². The number of rotatable bonds is 7. The van der Waals surface area contributed by atoms with Gasteiger partial charge in [-0.25, -0.2) is 4.68 Å². The quantitative estimate of drug-likeness (QED) is 0.623. The molecule has 7 heteroatoms. The van der Waals surface area contributed by atoms with Gasteiger partial charge in [0.2, 0.25) is 0 Å². The molecule has 0 spiro atoms. The maximum Gasteiger partial charge on any atom is 0.255 e. The van der Waals surface area contributed by atoms with E-state index in [1.807, 2.05) is 31.2 Å². The largest absolute Gasteiger partial charge is 0.494 e. The van der Waals surface area contributed by atoms with E-state index in [9.17, 15) is 4.79 Å². The smallest absolute Gasteiger partial charge is 0.255 e. The molecule has 0 atom stereocenters. The number of amides is 1. The molecule has 0 bridgehead atoms. The fourth-order valence-corrected chi connectivity index (χ4v) is 2.51. The Balaban J connectivity index is 1.55. The zero-order valence-corrected chi connectivity index (χ0v) is 15.8. The van der Waals surface area contributed by atoms with Crippen molar-refractivity contribution >= 4 is 27.5 Å². The average Bonchev–Trinajstić information content (AvgIpc) is 3.09. The van der Waals surface area contributed by atoms with Gasteiger partial charge in [0.25, 0.3) is 5.91 Å². The molecule has 3 aromatic rings. The van der Waals surface area contributed by atoms with Crippen LogP contribution in [0.25, 0.3) is 0 Å². The Bertz CT molecular complexity index is 860. The van der Waals surface area contributed by atoms with Crippen LogP contribution in [0, 0.1) is 0 Å². The zero-order chi connectivity index (χ0) is 18.4. The van der Waals surface area contributed by atoms with Crippen molar-refractivity contribution in [2.75, 3.05) is 11.9 Å². The lowest BCUT2D eigenvalue weighted by atomic mass is 10.2. The first kappa shape index (κ1) is 18.0. The third-order valence-corrected chi connectivity index (χ3v) is 4.02. The molecule has 6 nitrogen and oxygen atoms in total. The van der Waals surface area contributed by atoms with E-state index in [-0.39, 0.29) is 12.6 Å². The number of hydrogen-bond acceptors (Lipinski definition) is 4. The second kappa shape index (κ2) is 8.53. The normalized spacial score (nSPS) is 10.4. The second-order valence-corrected chi connectivity index (χ2v) is 6.32. The third kappa shape index (κ3) is 4.86. The molecule has 0 aliphatic rings. The van der Waals surface area contributed by atoms with E-state index >= 15 is 0 Å². The summed E-state index contributed by atoms with van der Waals surface area (Å²) in [4.78, 5) is 12.3. The first-order chi connectivity index (χ1) is 12.6. The van der Waals surface area contributed by atoms with Crippen LogP contribution in [0.2, 0.25) is 0 Å². The summed E-state index contributed by atoms with van der Waals surface area (Å²) in [6.45, 7) is 2.76. The molecule has 0 radical (unpaired) electrons. The van der Waals surface area contributed by atoms with Gasteiger partial charge in [-0.2, -0.15) is 5.10 Å². The highest BCUT2D eigenvalue weighted by Gasteiger charge is 2.08. The van der Waals surface area contributed by atoms with E-state index in [0.717, 1.165) is 16.0 Å². The first-order valence-electron chi connectivity index (χ1n) is 8.09. The van der Waals surface area contributed by atoms with Gasteiger partial charge >= 0.3 is 0 Å². The Kier molecular flexibility index (Phi) is 5.91. The molecule has 0 aliphatic heterocycles. The number of carbonyl (C=O) groups excluding carboxylic acids is 1. The molecule has 0 saturated heterocycles. The summed E-state index contributed by atoms with van der Waals surface area (Å²) in [6, 6.07) is 14.5. The van der Waals surface area contributed by atoms with Crippen LogP contribution in [0.1, 0.15) is 17.3 Å². The van der Waals surface area contributed by atoms with Crippen molar-refractivity contribution < 1.29 is 14.3 Å². The monoisotopic (exact) mass is 415 g/mol. The molecule has 3 rings (SSSR count). The lowest BCUT2D eigenvalue weighted by molar-refractivity contribution is 0.102. The second-order valence-electron chi connectivity index (χ2n) is 5.41. The number of halogens is 1. The van der Waals surface area contributed by atoms with Crippen molar-refractivity contribution in [2.45, 2.75) is 13.7 Å². The van der Waals surface area contributed by atoms with Gasteiger partial charge in [0.05, 0.1) is 24.7 Å². The van der Waals surface area contributed by atoms with Gasteiger partial charge in [0, 0.05) is 10.0 Å². The maximum atomic E-state index is 12.3. The fraction of sp³-hybridized carbons (Fsp3) is 0.158. The summed E-state index contributed by atoms with van der Waals surface area (Å²) in [7, 11) is 0. The average molecular weight is 416 g/mol. The number of nitrogens with one attached hydrogen (secondary N) is 1. The molecular weight excluding hydrogens is 398 g/mol. The highest BCUT2D eigenvalue weighted by Crippen LogP contribution is 2.17. The van der Waals surface area contributed by atoms with E-state index < -0.39 is 0 Å². The van der Waals surface area contributed by atoms with E-state index in [1.165, 1.54) is 0 Å². The molecule has 134 valence electrons. The number of anilines is 1. The van der Waals surface area contributed by atoms with Gasteiger partial charge in [-0.1, -0.05) is 15.9 Å². The highest BCUT2D eigenvalue weighted by atomic mass is 79.9.